The van der Waals surface area contributed by atoms with Crippen molar-refractivity contribution < 1.29 is 9.84 Å². The van der Waals surface area contributed by atoms with Crippen LogP contribution in [-0.4, -0.2) is 27.6 Å². The highest BCUT2D eigenvalue weighted by molar-refractivity contribution is 5.12. The predicted molar refractivity (Wildman–Crippen MR) is 70.7 cm³/mol. The third-order valence-corrected chi connectivity index (χ3v) is 3.71. The summed E-state index contributed by atoms with van der Waals surface area (Å²) in [6.45, 7) is 7.30. The molecule has 1 aliphatic rings. The third-order valence-electron chi connectivity index (χ3n) is 3.71. The minimum absolute atomic E-state index is 0.0766. The topological polar surface area (TPSA) is 47.3 Å². The first-order valence-corrected chi connectivity index (χ1v) is 6.87. The normalized spacial score (nSPS) is 27.1. The van der Waals surface area contributed by atoms with Crippen LogP contribution in [-0.2, 0) is 0 Å². The van der Waals surface area contributed by atoms with Gasteiger partial charge in [0.05, 0.1) is 31.1 Å². The molecule has 2 rings (SSSR count). The smallest absolute Gasteiger partial charge is 0.157 e. The Hall–Kier alpha value is -1.03. The van der Waals surface area contributed by atoms with Crippen LogP contribution < -0.4 is 4.74 Å². The Morgan fingerprint density at radius 2 is 2.33 bits per heavy atom. The van der Waals surface area contributed by atoms with E-state index in [0.717, 1.165) is 31.4 Å². The molecule has 1 heterocycles. The average Bonchev–Trinajstić information content (AvgIpc) is 2.78. The highest BCUT2D eigenvalue weighted by Crippen LogP contribution is 2.41. The predicted octanol–water partition coefficient (Wildman–Crippen LogP) is 2.78. The van der Waals surface area contributed by atoms with Crippen molar-refractivity contribution in [3.63, 3.8) is 0 Å². The van der Waals surface area contributed by atoms with Gasteiger partial charge in [0.15, 0.2) is 5.75 Å². The fourth-order valence-corrected chi connectivity index (χ4v) is 2.60. The maximum absolute atomic E-state index is 10.1. The highest BCUT2D eigenvalue weighted by Gasteiger charge is 2.35. The summed E-state index contributed by atoms with van der Waals surface area (Å²) in [5.74, 6) is 0.799. The van der Waals surface area contributed by atoms with E-state index < -0.39 is 0 Å². The summed E-state index contributed by atoms with van der Waals surface area (Å²) in [6, 6.07) is 0.0766. The summed E-state index contributed by atoms with van der Waals surface area (Å²) < 4.78 is 7.42. The van der Waals surface area contributed by atoms with Gasteiger partial charge in [-0.05, 0) is 31.1 Å². The van der Waals surface area contributed by atoms with Gasteiger partial charge in [0.1, 0.15) is 0 Å². The molecule has 1 saturated carbocycles. The van der Waals surface area contributed by atoms with Gasteiger partial charge in [-0.1, -0.05) is 20.8 Å². The molecule has 1 aromatic rings. The van der Waals surface area contributed by atoms with Crippen molar-refractivity contribution in [3.8, 4) is 5.75 Å². The maximum Gasteiger partial charge on any atom is 0.157 e. The Bertz CT molecular complexity index is 387. The van der Waals surface area contributed by atoms with E-state index in [-0.39, 0.29) is 17.6 Å². The number of aliphatic hydroxyl groups is 1. The number of ether oxygens (including phenoxy) is 1. The summed E-state index contributed by atoms with van der Waals surface area (Å²) >= 11 is 0. The van der Waals surface area contributed by atoms with Gasteiger partial charge in [0.25, 0.3) is 0 Å². The number of aliphatic hydroxyl groups excluding tert-OH is 1. The zero-order valence-electron chi connectivity index (χ0n) is 11.6. The summed E-state index contributed by atoms with van der Waals surface area (Å²) in [5, 5.41) is 14.5. The highest BCUT2D eigenvalue weighted by atomic mass is 16.5. The lowest BCUT2D eigenvalue weighted by Crippen LogP contribution is -2.35. The van der Waals surface area contributed by atoms with E-state index in [1.54, 1.807) is 6.20 Å². The molecule has 4 nitrogen and oxygen atoms in total. The van der Waals surface area contributed by atoms with Gasteiger partial charge in [-0.3, -0.25) is 4.68 Å². The van der Waals surface area contributed by atoms with Gasteiger partial charge < -0.3 is 9.84 Å². The Labute approximate surface area is 109 Å². The molecule has 102 valence electrons. The minimum atomic E-state index is -0.294. The van der Waals surface area contributed by atoms with Crippen molar-refractivity contribution >= 4 is 0 Å². The molecule has 0 spiro atoms. The molecule has 0 amide bonds. The lowest BCUT2D eigenvalue weighted by molar-refractivity contribution is 0.0226. The molecular weight excluding hydrogens is 228 g/mol. The van der Waals surface area contributed by atoms with E-state index in [4.69, 9.17) is 4.74 Å². The van der Waals surface area contributed by atoms with Crippen molar-refractivity contribution in [2.45, 2.75) is 58.6 Å². The minimum Gasteiger partial charge on any atom is -0.490 e. The lowest BCUT2D eigenvalue weighted by Gasteiger charge is -2.38. The molecule has 0 saturated heterocycles. The van der Waals surface area contributed by atoms with Crippen molar-refractivity contribution in [2.24, 2.45) is 5.41 Å². The van der Waals surface area contributed by atoms with Crippen LogP contribution in [0.25, 0.3) is 0 Å². The number of aromatic nitrogens is 2. The average molecular weight is 252 g/mol. The van der Waals surface area contributed by atoms with Crippen LogP contribution in [0.5, 0.6) is 5.75 Å². The lowest BCUT2D eigenvalue weighted by atomic mass is 9.74. The molecule has 1 aromatic heterocycles. The number of hydrogen-bond donors (Lipinski definition) is 1. The molecule has 0 aromatic carbocycles. The zero-order chi connectivity index (χ0) is 13.2. The van der Waals surface area contributed by atoms with Gasteiger partial charge in [-0.2, -0.15) is 5.10 Å². The fraction of sp³-hybridized carbons (Fsp3) is 0.786. The summed E-state index contributed by atoms with van der Waals surface area (Å²) in [7, 11) is 0. The van der Waals surface area contributed by atoms with E-state index in [9.17, 15) is 5.11 Å². The second-order valence-corrected chi connectivity index (χ2v) is 6.05. The number of nitrogens with zero attached hydrogens (tertiary/aromatic N) is 2. The molecular formula is C14H24N2O2. The molecule has 18 heavy (non-hydrogen) atoms. The number of rotatable bonds is 4. The Morgan fingerprint density at radius 1 is 1.56 bits per heavy atom. The first-order chi connectivity index (χ1) is 8.52. The maximum atomic E-state index is 10.1. The second-order valence-electron chi connectivity index (χ2n) is 6.05. The van der Waals surface area contributed by atoms with E-state index in [2.05, 4.69) is 25.9 Å². The van der Waals surface area contributed by atoms with E-state index >= 15 is 0 Å². The number of hydrogen-bond acceptors (Lipinski definition) is 3. The van der Waals surface area contributed by atoms with Crippen molar-refractivity contribution in [2.75, 3.05) is 6.61 Å². The Balaban J connectivity index is 2.07. The Kier molecular flexibility index (Phi) is 3.95. The molecule has 0 aliphatic heterocycles. The van der Waals surface area contributed by atoms with Crippen LogP contribution in [0.15, 0.2) is 12.4 Å². The summed E-state index contributed by atoms with van der Waals surface area (Å²) in [5.41, 5.74) is 0.278. The summed E-state index contributed by atoms with van der Waals surface area (Å²) in [6.07, 6.45) is 7.23. The van der Waals surface area contributed by atoms with Gasteiger partial charge in [0.2, 0.25) is 0 Å². The summed E-state index contributed by atoms with van der Waals surface area (Å²) in [4.78, 5) is 0. The molecule has 0 bridgehead atoms. The van der Waals surface area contributed by atoms with Crippen LogP contribution in [0.3, 0.4) is 0 Å². The first kappa shape index (κ1) is 13.4. The monoisotopic (exact) mass is 252 g/mol. The van der Waals surface area contributed by atoms with Crippen LogP contribution in [0.2, 0.25) is 0 Å². The van der Waals surface area contributed by atoms with Crippen LogP contribution in [0.1, 0.15) is 52.5 Å². The van der Waals surface area contributed by atoms with E-state index in [1.807, 2.05) is 10.9 Å². The van der Waals surface area contributed by atoms with Crippen molar-refractivity contribution in [3.05, 3.63) is 12.4 Å². The van der Waals surface area contributed by atoms with E-state index in [1.165, 1.54) is 0 Å². The molecule has 0 radical (unpaired) electrons. The molecule has 2 unspecified atom stereocenters. The largest absolute Gasteiger partial charge is 0.490 e. The van der Waals surface area contributed by atoms with Crippen LogP contribution in [0.4, 0.5) is 0 Å². The van der Waals surface area contributed by atoms with Crippen LogP contribution >= 0.6 is 0 Å². The van der Waals surface area contributed by atoms with Gasteiger partial charge >= 0.3 is 0 Å². The third kappa shape index (κ3) is 3.05. The molecule has 1 fully saturated rings. The molecule has 1 aliphatic carbocycles. The first-order valence-electron chi connectivity index (χ1n) is 6.87. The SMILES string of the molecule is CCCOc1cnn(C2CC(C)(C)CCC2O)c1. The zero-order valence-corrected chi connectivity index (χ0v) is 11.6. The molecule has 4 heteroatoms. The molecule has 2 atom stereocenters. The van der Waals surface area contributed by atoms with Crippen molar-refractivity contribution in [1.29, 1.82) is 0 Å². The van der Waals surface area contributed by atoms with E-state index in [0.29, 0.717) is 6.61 Å². The Morgan fingerprint density at radius 3 is 3.06 bits per heavy atom. The van der Waals surface area contributed by atoms with Crippen molar-refractivity contribution in [1.82, 2.24) is 9.78 Å². The quantitative estimate of drug-likeness (QED) is 0.896. The molecule has 1 N–H and O–H groups in total. The fourth-order valence-electron chi connectivity index (χ4n) is 2.60. The van der Waals surface area contributed by atoms with Gasteiger partial charge in [0, 0.05) is 0 Å². The standard InChI is InChI=1S/C14H24N2O2/c1-4-7-18-11-9-15-16(10-11)12-8-14(2,3)6-5-13(12)17/h9-10,12-13,17H,4-8H2,1-3H3. The van der Waals surface area contributed by atoms with Gasteiger partial charge in [-0.25, -0.2) is 0 Å². The van der Waals surface area contributed by atoms with Gasteiger partial charge in [-0.15, -0.1) is 0 Å². The second kappa shape index (κ2) is 5.31. The van der Waals surface area contributed by atoms with Crippen LogP contribution in [0, 0.1) is 5.41 Å².